The fraction of sp³-hybridized carbons (Fsp3) is 0.0588. The maximum absolute atomic E-state index is 12.9. The molecule has 3 rings (SSSR count). The molecule has 3 aromatic rings. The molecule has 0 saturated heterocycles. The third-order valence-corrected chi connectivity index (χ3v) is 4.42. The molecule has 1 heterocycles. The fourth-order valence-corrected chi connectivity index (χ4v) is 2.76. The average Bonchev–Trinajstić information content (AvgIpc) is 2.59. The second-order valence-electron chi connectivity index (χ2n) is 5.14. The zero-order valence-electron chi connectivity index (χ0n) is 12.9. The molecule has 0 amide bonds. The van der Waals surface area contributed by atoms with E-state index in [1.54, 1.807) is 12.1 Å². The Labute approximate surface area is 141 Å². The highest BCUT2D eigenvalue weighted by Crippen LogP contribution is 2.21. The zero-order valence-corrected chi connectivity index (χ0v) is 13.7. The van der Waals surface area contributed by atoms with Gasteiger partial charge >= 0.3 is 15.8 Å². The van der Waals surface area contributed by atoms with Crippen LogP contribution in [0.5, 0.6) is 5.75 Å². The number of benzene rings is 2. The van der Waals surface area contributed by atoms with Crippen molar-refractivity contribution >= 4 is 27.0 Å². The molecule has 0 aliphatic heterocycles. The highest BCUT2D eigenvalue weighted by molar-refractivity contribution is 7.86. The van der Waals surface area contributed by atoms with E-state index >= 15 is 0 Å². The molecule has 0 N–H and O–H groups in total. The van der Waals surface area contributed by atoms with Gasteiger partial charge in [-0.1, -0.05) is 0 Å². The van der Waals surface area contributed by atoms with Gasteiger partial charge in [-0.2, -0.15) is 8.42 Å². The molecule has 2 aromatic carbocycles. The first kappa shape index (κ1) is 16.8. The van der Waals surface area contributed by atoms with Gasteiger partial charge in [0.2, 0.25) is 0 Å². The van der Waals surface area contributed by atoms with Crippen molar-refractivity contribution < 1.29 is 26.3 Å². The van der Waals surface area contributed by atoms with Crippen molar-refractivity contribution in [2.75, 3.05) is 7.11 Å². The SMILES string of the molecule is COc1ccc2cc(C(=O)c3ccc(S(=O)(=O)F)cc3)c(=O)oc2c1. The molecule has 25 heavy (non-hydrogen) atoms. The quantitative estimate of drug-likeness (QED) is 0.403. The van der Waals surface area contributed by atoms with E-state index in [-0.39, 0.29) is 16.7 Å². The summed E-state index contributed by atoms with van der Waals surface area (Å²) in [6, 6.07) is 10.4. The molecule has 8 heteroatoms. The monoisotopic (exact) mass is 362 g/mol. The van der Waals surface area contributed by atoms with Gasteiger partial charge in [0.15, 0.2) is 5.78 Å². The zero-order chi connectivity index (χ0) is 18.2. The van der Waals surface area contributed by atoms with E-state index < -0.39 is 26.5 Å². The fourth-order valence-electron chi connectivity index (χ4n) is 2.30. The molecule has 0 spiro atoms. The van der Waals surface area contributed by atoms with Gasteiger partial charge in [-0.3, -0.25) is 4.79 Å². The van der Waals surface area contributed by atoms with Crippen LogP contribution in [0.25, 0.3) is 11.0 Å². The molecular weight excluding hydrogens is 351 g/mol. The highest BCUT2D eigenvalue weighted by Gasteiger charge is 2.18. The summed E-state index contributed by atoms with van der Waals surface area (Å²) in [5, 5.41) is 0.520. The molecule has 0 saturated carbocycles. The third-order valence-electron chi connectivity index (χ3n) is 3.59. The van der Waals surface area contributed by atoms with Gasteiger partial charge in [0.1, 0.15) is 16.9 Å². The van der Waals surface area contributed by atoms with Crippen molar-refractivity contribution in [2.45, 2.75) is 4.90 Å². The topological polar surface area (TPSA) is 90.7 Å². The van der Waals surface area contributed by atoms with Crippen molar-refractivity contribution in [3.05, 3.63) is 70.1 Å². The Morgan fingerprint density at radius 2 is 1.76 bits per heavy atom. The van der Waals surface area contributed by atoms with Crippen molar-refractivity contribution in [3.8, 4) is 5.75 Å². The van der Waals surface area contributed by atoms with Crippen molar-refractivity contribution in [2.24, 2.45) is 0 Å². The molecule has 6 nitrogen and oxygen atoms in total. The van der Waals surface area contributed by atoms with Crippen molar-refractivity contribution in [3.63, 3.8) is 0 Å². The molecule has 0 atom stereocenters. The van der Waals surface area contributed by atoms with E-state index in [4.69, 9.17) is 9.15 Å². The summed E-state index contributed by atoms with van der Waals surface area (Å²) < 4.78 is 44.7. The molecule has 128 valence electrons. The van der Waals surface area contributed by atoms with Crippen LogP contribution in [-0.4, -0.2) is 21.3 Å². The number of methoxy groups -OCH3 is 1. The first-order valence-electron chi connectivity index (χ1n) is 7.01. The molecule has 0 unspecified atom stereocenters. The van der Waals surface area contributed by atoms with Gasteiger partial charge in [-0.15, -0.1) is 3.89 Å². The number of ether oxygens (including phenoxy) is 1. The molecule has 1 aromatic heterocycles. The highest BCUT2D eigenvalue weighted by atomic mass is 32.3. The maximum atomic E-state index is 12.9. The molecule has 0 fully saturated rings. The lowest BCUT2D eigenvalue weighted by Gasteiger charge is -2.04. The van der Waals surface area contributed by atoms with Crippen LogP contribution >= 0.6 is 0 Å². The average molecular weight is 362 g/mol. The lowest BCUT2D eigenvalue weighted by atomic mass is 10.0. The van der Waals surface area contributed by atoms with E-state index in [1.165, 1.54) is 19.2 Å². The van der Waals surface area contributed by atoms with Gasteiger partial charge < -0.3 is 9.15 Å². The van der Waals surface area contributed by atoms with Crippen LogP contribution < -0.4 is 10.4 Å². The number of hydrogen-bond acceptors (Lipinski definition) is 6. The number of ketones is 1. The number of carbonyl (C=O) groups is 1. The normalized spacial score (nSPS) is 11.4. The van der Waals surface area contributed by atoms with Crippen LogP contribution in [-0.2, 0) is 10.2 Å². The Morgan fingerprint density at radius 1 is 1.08 bits per heavy atom. The standard InChI is InChI=1S/C17H11FO6S/c1-23-12-5-2-11-8-14(17(20)24-15(11)9-12)16(19)10-3-6-13(7-4-10)25(18,21)22/h2-9H,1H3. The molecule has 0 aliphatic rings. The van der Waals surface area contributed by atoms with Crippen LogP contribution in [0.2, 0.25) is 0 Å². The van der Waals surface area contributed by atoms with Crippen LogP contribution in [0.15, 0.2) is 62.6 Å². The van der Waals surface area contributed by atoms with Crippen LogP contribution in [0.1, 0.15) is 15.9 Å². The summed E-state index contributed by atoms with van der Waals surface area (Å²) in [5.74, 6) is -0.160. The van der Waals surface area contributed by atoms with E-state index in [9.17, 15) is 21.9 Å². The number of fused-ring (bicyclic) bond motifs is 1. The molecule has 0 aliphatic carbocycles. The Hall–Kier alpha value is -3.00. The minimum absolute atomic E-state index is 0.0348. The van der Waals surface area contributed by atoms with Gasteiger partial charge in [0.25, 0.3) is 0 Å². The Morgan fingerprint density at radius 3 is 2.36 bits per heavy atom. The predicted molar refractivity (Wildman–Crippen MR) is 87.2 cm³/mol. The van der Waals surface area contributed by atoms with E-state index in [2.05, 4.69) is 0 Å². The van der Waals surface area contributed by atoms with Gasteiger partial charge in [-0.05, 0) is 42.5 Å². The Balaban J connectivity index is 2.05. The van der Waals surface area contributed by atoms with Gasteiger partial charge in [0.05, 0.1) is 12.0 Å². The minimum Gasteiger partial charge on any atom is -0.497 e. The van der Waals surface area contributed by atoms with E-state index in [0.717, 1.165) is 24.3 Å². The summed E-state index contributed by atoms with van der Waals surface area (Å²) >= 11 is 0. The van der Waals surface area contributed by atoms with Gasteiger partial charge in [-0.25, -0.2) is 4.79 Å². The lowest BCUT2D eigenvalue weighted by molar-refractivity contribution is 0.103. The van der Waals surface area contributed by atoms with E-state index in [1.807, 2.05) is 0 Å². The summed E-state index contributed by atoms with van der Waals surface area (Å²) in [4.78, 5) is 24.0. The summed E-state index contributed by atoms with van der Waals surface area (Å²) in [7, 11) is -3.39. The largest absolute Gasteiger partial charge is 0.497 e. The maximum Gasteiger partial charge on any atom is 0.347 e. The van der Waals surface area contributed by atoms with Crippen LogP contribution in [0.4, 0.5) is 3.89 Å². The summed E-state index contributed by atoms with van der Waals surface area (Å²) in [6.07, 6.45) is 0. The Bertz CT molecular complexity index is 1130. The smallest absolute Gasteiger partial charge is 0.347 e. The second-order valence-corrected chi connectivity index (χ2v) is 6.49. The predicted octanol–water partition coefficient (Wildman–Crippen LogP) is 2.69. The van der Waals surface area contributed by atoms with Gasteiger partial charge in [0, 0.05) is 17.0 Å². The van der Waals surface area contributed by atoms with Crippen molar-refractivity contribution in [1.82, 2.24) is 0 Å². The number of halogens is 1. The summed E-state index contributed by atoms with van der Waals surface area (Å²) in [5.41, 5.74) is -0.756. The number of hydrogen-bond donors (Lipinski definition) is 0. The third kappa shape index (κ3) is 3.29. The molecular formula is C17H11FO6S. The summed E-state index contributed by atoms with van der Waals surface area (Å²) in [6.45, 7) is 0. The second kappa shape index (κ2) is 6.14. The van der Waals surface area contributed by atoms with Crippen molar-refractivity contribution in [1.29, 1.82) is 0 Å². The number of rotatable bonds is 4. The Kier molecular flexibility index (Phi) is 4.13. The molecule has 0 radical (unpaired) electrons. The molecule has 0 bridgehead atoms. The number of carbonyl (C=O) groups excluding carboxylic acids is 1. The first-order chi connectivity index (χ1) is 11.8. The van der Waals surface area contributed by atoms with Crippen LogP contribution in [0, 0.1) is 0 Å². The van der Waals surface area contributed by atoms with Crippen LogP contribution in [0.3, 0.4) is 0 Å². The first-order valence-corrected chi connectivity index (χ1v) is 8.39. The minimum atomic E-state index is -4.86. The lowest BCUT2D eigenvalue weighted by Crippen LogP contribution is -2.14. The van der Waals surface area contributed by atoms with E-state index in [0.29, 0.717) is 11.1 Å².